The molecule has 0 heterocycles. The zero-order valence-corrected chi connectivity index (χ0v) is 11.5. The molecule has 0 aliphatic heterocycles. The van der Waals surface area contributed by atoms with Gasteiger partial charge in [-0.25, -0.2) is 0 Å². The normalized spacial score (nSPS) is 13.6. The molecule has 1 heteroatoms. The molecule has 0 aromatic carbocycles. The third-order valence-corrected chi connectivity index (χ3v) is 2.91. The van der Waals surface area contributed by atoms with Crippen molar-refractivity contribution in [3.05, 3.63) is 12.2 Å². The van der Waals surface area contributed by atoms with E-state index in [-0.39, 0.29) is 5.78 Å². The maximum absolute atomic E-state index is 10.7. The molecule has 0 amide bonds. The van der Waals surface area contributed by atoms with Crippen molar-refractivity contribution in [2.75, 3.05) is 0 Å². The van der Waals surface area contributed by atoms with Crippen molar-refractivity contribution in [1.29, 1.82) is 0 Å². The monoisotopic (exact) mass is 224 g/mol. The lowest BCUT2D eigenvalue weighted by molar-refractivity contribution is -0.112. The van der Waals surface area contributed by atoms with Gasteiger partial charge in [-0.1, -0.05) is 52.5 Å². The zero-order chi connectivity index (χ0) is 12.4. The summed E-state index contributed by atoms with van der Waals surface area (Å²) in [5.41, 5.74) is 0. The van der Waals surface area contributed by atoms with Gasteiger partial charge in [-0.05, 0) is 37.7 Å². The van der Waals surface area contributed by atoms with Crippen molar-refractivity contribution in [2.45, 2.75) is 66.2 Å². The number of rotatable bonds is 9. The average molecular weight is 224 g/mol. The van der Waals surface area contributed by atoms with Crippen LogP contribution in [0.2, 0.25) is 0 Å². The molecule has 0 fully saturated rings. The van der Waals surface area contributed by atoms with Crippen molar-refractivity contribution in [1.82, 2.24) is 0 Å². The van der Waals surface area contributed by atoms with Crippen LogP contribution in [0.25, 0.3) is 0 Å². The first-order valence-corrected chi connectivity index (χ1v) is 6.69. The number of carbonyl (C=O) groups is 1. The molecule has 0 rings (SSSR count). The molecule has 16 heavy (non-hydrogen) atoms. The minimum atomic E-state index is 0.157. The van der Waals surface area contributed by atoms with Crippen molar-refractivity contribution >= 4 is 5.78 Å². The second-order valence-corrected chi connectivity index (χ2v) is 5.37. The summed E-state index contributed by atoms with van der Waals surface area (Å²) in [5, 5.41) is 0. The molecule has 0 aliphatic rings. The van der Waals surface area contributed by atoms with Gasteiger partial charge >= 0.3 is 0 Å². The van der Waals surface area contributed by atoms with E-state index in [0.717, 1.165) is 18.3 Å². The van der Waals surface area contributed by atoms with Gasteiger partial charge in [0, 0.05) is 0 Å². The summed E-state index contributed by atoms with van der Waals surface area (Å²) in [6, 6.07) is 0. The maximum atomic E-state index is 10.7. The molecule has 0 saturated heterocycles. The van der Waals surface area contributed by atoms with Gasteiger partial charge in [0.25, 0.3) is 0 Å². The van der Waals surface area contributed by atoms with E-state index in [1.54, 1.807) is 13.0 Å². The molecule has 0 aromatic rings. The Balaban J connectivity index is 3.37. The quantitative estimate of drug-likeness (QED) is 0.407. The van der Waals surface area contributed by atoms with Gasteiger partial charge in [0.2, 0.25) is 0 Å². The van der Waals surface area contributed by atoms with Crippen molar-refractivity contribution < 1.29 is 4.79 Å². The van der Waals surface area contributed by atoms with Crippen LogP contribution >= 0.6 is 0 Å². The summed E-state index contributed by atoms with van der Waals surface area (Å²) in [6.07, 6.45) is 11.4. The third kappa shape index (κ3) is 11.5. The lowest BCUT2D eigenvalue weighted by Crippen LogP contribution is -1.95. The van der Waals surface area contributed by atoms with E-state index in [2.05, 4.69) is 20.8 Å². The Labute approximate surface area is 101 Å². The van der Waals surface area contributed by atoms with Crippen LogP contribution in [0.1, 0.15) is 66.2 Å². The van der Waals surface area contributed by atoms with Gasteiger partial charge in [0.1, 0.15) is 0 Å². The van der Waals surface area contributed by atoms with Gasteiger partial charge in [-0.3, -0.25) is 4.79 Å². The van der Waals surface area contributed by atoms with Crippen molar-refractivity contribution in [2.24, 2.45) is 11.8 Å². The summed E-state index contributed by atoms with van der Waals surface area (Å²) in [7, 11) is 0. The van der Waals surface area contributed by atoms with E-state index in [4.69, 9.17) is 0 Å². The second kappa shape index (κ2) is 9.62. The molecule has 0 spiro atoms. The minimum Gasteiger partial charge on any atom is -0.295 e. The summed E-state index contributed by atoms with van der Waals surface area (Å²) >= 11 is 0. The molecule has 0 aromatic heterocycles. The van der Waals surface area contributed by atoms with Crippen molar-refractivity contribution in [3.8, 4) is 0 Å². The van der Waals surface area contributed by atoms with Gasteiger partial charge in [-0.15, -0.1) is 0 Å². The summed E-state index contributed by atoms with van der Waals surface area (Å²) < 4.78 is 0. The van der Waals surface area contributed by atoms with E-state index in [0.29, 0.717) is 0 Å². The van der Waals surface area contributed by atoms with E-state index in [1.807, 2.05) is 6.08 Å². The van der Waals surface area contributed by atoms with E-state index in [9.17, 15) is 4.79 Å². The first-order valence-electron chi connectivity index (χ1n) is 6.69. The highest BCUT2D eigenvalue weighted by Gasteiger charge is 2.01. The van der Waals surface area contributed by atoms with Gasteiger partial charge < -0.3 is 0 Å². The molecule has 1 unspecified atom stereocenters. The topological polar surface area (TPSA) is 17.1 Å². The molecule has 0 radical (unpaired) electrons. The number of ketones is 1. The predicted molar refractivity (Wildman–Crippen MR) is 71.5 cm³/mol. The zero-order valence-electron chi connectivity index (χ0n) is 11.5. The Morgan fingerprint density at radius 3 is 2.25 bits per heavy atom. The Morgan fingerprint density at radius 2 is 1.69 bits per heavy atom. The third-order valence-electron chi connectivity index (χ3n) is 2.91. The van der Waals surface area contributed by atoms with E-state index >= 15 is 0 Å². The molecule has 0 bridgehead atoms. The van der Waals surface area contributed by atoms with Crippen LogP contribution in [0.3, 0.4) is 0 Å². The number of allylic oxidation sites excluding steroid dienone is 2. The van der Waals surface area contributed by atoms with E-state index < -0.39 is 0 Å². The number of carbonyl (C=O) groups excluding carboxylic acids is 1. The Hall–Kier alpha value is -0.590. The fourth-order valence-corrected chi connectivity index (χ4v) is 1.82. The van der Waals surface area contributed by atoms with Gasteiger partial charge in [0.05, 0.1) is 0 Å². The predicted octanol–water partition coefficient (Wildman–Crippen LogP) is 4.76. The first-order chi connectivity index (χ1) is 7.52. The number of hydrogen-bond acceptors (Lipinski definition) is 1. The fraction of sp³-hybridized carbons (Fsp3) is 0.800. The number of hydrogen-bond donors (Lipinski definition) is 0. The summed E-state index contributed by atoms with van der Waals surface area (Å²) in [5.74, 6) is 1.79. The highest BCUT2D eigenvalue weighted by atomic mass is 16.1. The van der Waals surface area contributed by atoms with Crippen LogP contribution in [0.5, 0.6) is 0 Å². The molecular weight excluding hydrogens is 196 g/mol. The molecule has 0 N–H and O–H groups in total. The Bertz CT molecular complexity index is 203. The van der Waals surface area contributed by atoms with Crippen LogP contribution in [-0.4, -0.2) is 5.78 Å². The van der Waals surface area contributed by atoms with Crippen molar-refractivity contribution in [3.63, 3.8) is 0 Å². The van der Waals surface area contributed by atoms with Crippen LogP contribution in [0.4, 0.5) is 0 Å². The standard InChI is InChI=1S/C15H28O/c1-13(2)9-5-6-10-14(3)11-7-8-12-15(4)16/h8,12-14H,5-7,9-11H2,1-4H3/b12-8+. The van der Waals surface area contributed by atoms with E-state index in [1.165, 1.54) is 32.1 Å². The molecular formula is C15H28O. The lowest BCUT2D eigenvalue weighted by atomic mass is 9.96. The van der Waals surface area contributed by atoms with Gasteiger partial charge in [-0.2, -0.15) is 0 Å². The molecule has 1 nitrogen and oxygen atoms in total. The summed E-state index contributed by atoms with van der Waals surface area (Å²) in [4.78, 5) is 10.7. The highest BCUT2D eigenvalue weighted by Crippen LogP contribution is 2.16. The minimum absolute atomic E-state index is 0.157. The maximum Gasteiger partial charge on any atom is 0.152 e. The molecule has 0 saturated carbocycles. The second-order valence-electron chi connectivity index (χ2n) is 5.37. The van der Waals surface area contributed by atoms with Crippen LogP contribution in [0, 0.1) is 11.8 Å². The SMILES string of the molecule is CC(=O)/C=C/CCC(C)CCCCC(C)C. The van der Waals surface area contributed by atoms with Crippen LogP contribution < -0.4 is 0 Å². The van der Waals surface area contributed by atoms with Gasteiger partial charge in [0.15, 0.2) is 5.78 Å². The first kappa shape index (κ1) is 15.4. The van der Waals surface area contributed by atoms with Crippen LogP contribution in [-0.2, 0) is 4.79 Å². The Morgan fingerprint density at radius 1 is 1.06 bits per heavy atom. The summed E-state index contributed by atoms with van der Waals surface area (Å²) in [6.45, 7) is 8.49. The molecule has 1 atom stereocenters. The smallest absolute Gasteiger partial charge is 0.152 e. The average Bonchev–Trinajstić information content (AvgIpc) is 2.19. The molecule has 0 aliphatic carbocycles. The fourth-order valence-electron chi connectivity index (χ4n) is 1.82. The molecule has 94 valence electrons. The highest BCUT2D eigenvalue weighted by molar-refractivity contribution is 5.87. The Kier molecular flexibility index (Phi) is 9.27. The lowest BCUT2D eigenvalue weighted by Gasteiger charge is -2.10. The largest absolute Gasteiger partial charge is 0.295 e. The number of unbranched alkanes of at least 4 members (excludes halogenated alkanes) is 1. The van der Waals surface area contributed by atoms with Crippen LogP contribution in [0.15, 0.2) is 12.2 Å².